The van der Waals surface area contributed by atoms with Crippen molar-refractivity contribution < 1.29 is 0 Å². The van der Waals surface area contributed by atoms with Crippen LogP contribution in [0.5, 0.6) is 0 Å². The molecular formula is C16H19N. The molecule has 1 aromatic heterocycles. The summed E-state index contributed by atoms with van der Waals surface area (Å²) in [4.78, 5) is 4.44. The zero-order valence-corrected chi connectivity index (χ0v) is 10.8. The second-order valence-electron chi connectivity index (χ2n) is 5.02. The molecular weight excluding hydrogens is 206 g/mol. The smallest absolute Gasteiger partial charge is 0.0702 e. The van der Waals surface area contributed by atoms with Gasteiger partial charge in [-0.25, -0.2) is 0 Å². The number of pyridine rings is 1. The van der Waals surface area contributed by atoms with Crippen molar-refractivity contribution in [1.82, 2.24) is 4.98 Å². The quantitative estimate of drug-likeness (QED) is 0.760. The average molecular weight is 225 g/mol. The van der Waals surface area contributed by atoms with Crippen LogP contribution in [0.15, 0.2) is 42.6 Å². The summed E-state index contributed by atoms with van der Waals surface area (Å²) >= 11 is 0. The minimum absolute atomic E-state index is 0.707. The van der Waals surface area contributed by atoms with Crippen molar-refractivity contribution in [3.05, 3.63) is 53.7 Å². The van der Waals surface area contributed by atoms with Crippen molar-refractivity contribution in [2.75, 3.05) is 0 Å². The van der Waals surface area contributed by atoms with Gasteiger partial charge in [-0.15, -0.1) is 0 Å². The Morgan fingerprint density at radius 1 is 1.00 bits per heavy atom. The molecule has 0 spiro atoms. The van der Waals surface area contributed by atoms with Gasteiger partial charge in [0.15, 0.2) is 0 Å². The summed E-state index contributed by atoms with van der Waals surface area (Å²) in [6.07, 6.45) is 3.05. The molecule has 0 aliphatic carbocycles. The molecule has 0 saturated carbocycles. The minimum Gasteiger partial charge on any atom is -0.256 e. The van der Waals surface area contributed by atoms with Gasteiger partial charge in [-0.3, -0.25) is 4.98 Å². The van der Waals surface area contributed by atoms with Crippen LogP contribution in [0.25, 0.3) is 11.3 Å². The first-order valence-corrected chi connectivity index (χ1v) is 6.17. The van der Waals surface area contributed by atoms with Gasteiger partial charge in [0.2, 0.25) is 0 Å². The predicted molar refractivity (Wildman–Crippen MR) is 73.0 cm³/mol. The van der Waals surface area contributed by atoms with E-state index in [9.17, 15) is 0 Å². The SMILES string of the molecule is Cc1ccc(-c2ccc(CC(C)C)cc2)nc1. The summed E-state index contributed by atoms with van der Waals surface area (Å²) in [5.41, 5.74) is 4.84. The summed E-state index contributed by atoms with van der Waals surface area (Å²) in [7, 11) is 0. The Morgan fingerprint density at radius 3 is 2.24 bits per heavy atom. The van der Waals surface area contributed by atoms with E-state index in [4.69, 9.17) is 0 Å². The Labute approximate surface area is 104 Å². The molecule has 1 nitrogen and oxygen atoms in total. The molecule has 1 heteroatoms. The third-order valence-corrected chi connectivity index (χ3v) is 2.81. The number of aromatic nitrogens is 1. The van der Waals surface area contributed by atoms with E-state index in [1.54, 1.807) is 0 Å². The predicted octanol–water partition coefficient (Wildman–Crippen LogP) is 4.26. The highest BCUT2D eigenvalue weighted by molar-refractivity contribution is 5.59. The zero-order valence-electron chi connectivity index (χ0n) is 10.8. The number of benzene rings is 1. The number of aryl methyl sites for hydroxylation is 1. The molecule has 0 bridgehead atoms. The summed E-state index contributed by atoms with van der Waals surface area (Å²) in [6, 6.07) is 12.9. The van der Waals surface area contributed by atoms with Crippen molar-refractivity contribution in [3.8, 4) is 11.3 Å². The van der Waals surface area contributed by atoms with E-state index >= 15 is 0 Å². The maximum atomic E-state index is 4.44. The van der Waals surface area contributed by atoms with Crippen molar-refractivity contribution in [3.63, 3.8) is 0 Å². The van der Waals surface area contributed by atoms with Crippen LogP contribution < -0.4 is 0 Å². The van der Waals surface area contributed by atoms with Crippen LogP contribution in [0.2, 0.25) is 0 Å². The number of rotatable bonds is 3. The summed E-state index contributed by atoms with van der Waals surface area (Å²) in [5.74, 6) is 0.707. The second kappa shape index (κ2) is 5.13. The molecule has 0 atom stereocenters. The van der Waals surface area contributed by atoms with Gasteiger partial charge in [0.25, 0.3) is 0 Å². The average Bonchev–Trinajstić information content (AvgIpc) is 2.30. The first-order chi connectivity index (χ1) is 8.15. The summed E-state index contributed by atoms with van der Waals surface area (Å²) < 4.78 is 0. The normalized spacial score (nSPS) is 10.8. The van der Waals surface area contributed by atoms with Gasteiger partial charge in [-0.1, -0.05) is 44.2 Å². The molecule has 0 fully saturated rings. The first kappa shape index (κ1) is 11.8. The van der Waals surface area contributed by atoms with E-state index < -0.39 is 0 Å². The lowest BCUT2D eigenvalue weighted by Gasteiger charge is -2.06. The van der Waals surface area contributed by atoms with Crippen LogP contribution in [0.4, 0.5) is 0 Å². The maximum absolute atomic E-state index is 4.44. The zero-order chi connectivity index (χ0) is 12.3. The topological polar surface area (TPSA) is 12.9 Å². The Balaban J connectivity index is 2.20. The van der Waals surface area contributed by atoms with E-state index in [0.717, 1.165) is 12.1 Å². The fourth-order valence-corrected chi connectivity index (χ4v) is 1.92. The summed E-state index contributed by atoms with van der Waals surface area (Å²) in [5, 5.41) is 0. The van der Waals surface area contributed by atoms with E-state index in [0.29, 0.717) is 5.92 Å². The molecule has 0 aliphatic rings. The number of hydrogen-bond acceptors (Lipinski definition) is 1. The molecule has 0 N–H and O–H groups in total. The van der Waals surface area contributed by atoms with Gasteiger partial charge >= 0.3 is 0 Å². The fourth-order valence-electron chi connectivity index (χ4n) is 1.92. The molecule has 2 rings (SSSR count). The lowest BCUT2D eigenvalue weighted by molar-refractivity contribution is 0.647. The fraction of sp³-hybridized carbons (Fsp3) is 0.312. The molecule has 1 aromatic carbocycles. The minimum atomic E-state index is 0.707. The Bertz CT molecular complexity index is 466. The largest absolute Gasteiger partial charge is 0.256 e. The van der Waals surface area contributed by atoms with Crippen LogP contribution >= 0.6 is 0 Å². The van der Waals surface area contributed by atoms with E-state index in [1.165, 1.54) is 16.7 Å². The number of hydrogen-bond donors (Lipinski definition) is 0. The van der Waals surface area contributed by atoms with Gasteiger partial charge in [0.05, 0.1) is 5.69 Å². The van der Waals surface area contributed by atoms with Crippen molar-refractivity contribution in [1.29, 1.82) is 0 Å². The molecule has 0 saturated heterocycles. The molecule has 0 aliphatic heterocycles. The Hall–Kier alpha value is -1.63. The van der Waals surface area contributed by atoms with Crippen LogP contribution in [0.1, 0.15) is 25.0 Å². The van der Waals surface area contributed by atoms with Gasteiger partial charge < -0.3 is 0 Å². The molecule has 2 aromatic rings. The van der Waals surface area contributed by atoms with E-state index in [-0.39, 0.29) is 0 Å². The van der Waals surface area contributed by atoms with Crippen LogP contribution in [0, 0.1) is 12.8 Å². The molecule has 0 amide bonds. The third kappa shape index (κ3) is 3.16. The van der Waals surface area contributed by atoms with Crippen LogP contribution in [-0.4, -0.2) is 4.98 Å². The van der Waals surface area contributed by atoms with E-state index in [1.807, 2.05) is 6.20 Å². The summed E-state index contributed by atoms with van der Waals surface area (Å²) in [6.45, 7) is 6.55. The molecule has 88 valence electrons. The highest BCUT2D eigenvalue weighted by atomic mass is 14.7. The van der Waals surface area contributed by atoms with Gasteiger partial charge in [0.1, 0.15) is 0 Å². The first-order valence-electron chi connectivity index (χ1n) is 6.17. The monoisotopic (exact) mass is 225 g/mol. The second-order valence-corrected chi connectivity index (χ2v) is 5.02. The van der Waals surface area contributed by atoms with Crippen molar-refractivity contribution in [2.24, 2.45) is 5.92 Å². The lowest BCUT2D eigenvalue weighted by Crippen LogP contribution is -1.93. The number of nitrogens with zero attached hydrogens (tertiary/aromatic N) is 1. The molecule has 17 heavy (non-hydrogen) atoms. The highest BCUT2D eigenvalue weighted by Crippen LogP contribution is 2.18. The highest BCUT2D eigenvalue weighted by Gasteiger charge is 2.01. The molecule has 0 unspecified atom stereocenters. The van der Waals surface area contributed by atoms with Crippen LogP contribution in [0.3, 0.4) is 0 Å². The Morgan fingerprint density at radius 2 is 1.71 bits per heavy atom. The van der Waals surface area contributed by atoms with E-state index in [2.05, 4.69) is 62.2 Å². The third-order valence-electron chi connectivity index (χ3n) is 2.81. The maximum Gasteiger partial charge on any atom is 0.0702 e. The molecule has 0 radical (unpaired) electrons. The van der Waals surface area contributed by atoms with Gasteiger partial charge in [-0.2, -0.15) is 0 Å². The molecule has 1 heterocycles. The van der Waals surface area contributed by atoms with Crippen molar-refractivity contribution in [2.45, 2.75) is 27.2 Å². The van der Waals surface area contributed by atoms with Gasteiger partial charge in [-0.05, 0) is 36.5 Å². The Kier molecular flexibility index (Phi) is 3.58. The van der Waals surface area contributed by atoms with Gasteiger partial charge in [0, 0.05) is 11.8 Å². The van der Waals surface area contributed by atoms with Crippen molar-refractivity contribution >= 4 is 0 Å². The van der Waals surface area contributed by atoms with Crippen LogP contribution in [-0.2, 0) is 6.42 Å². The lowest BCUT2D eigenvalue weighted by atomic mass is 10.0. The standard InChI is InChI=1S/C16H19N/c1-12(2)10-14-5-7-15(8-6-14)16-9-4-13(3)11-17-16/h4-9,11-12H,10H2,1-3H3.